The van der Waals surface area contributed by atoms with Crippen molar-refractivity contribution in [3.05, 3.63) is 67.4 Å². The highest BCUT2D eigenvalue weighted by molar-refractivity contribution is 6.30. The summed E-state index contributed by atoms with van der Waals surface area (Å²) in [5, 5.41) is 3.75. The summed E-state index contributed by atoms with van der Waals surface area (Å²) in [5.41, 5.74) is 2.39. The molecular weight excluding hydrogens is 397 g/mol. The minimum atomic E-state index is -0.387. The van der Waals surface area contributed by atoms with E-state index in [9.17, 15) is 14.0 Å². The van der Waals surface area contributed by atoms with Crippen LogP contribution in [-0.2, 0) is 0 Å². The molecule has 1 aliphatic rings. The van der Waals surface area contributed by atoms with Gasteiger partial charge in [0.1, 0.15) is 11.3 Å². The summed E-state index contributed by atoms with van der Waals surface area (Å²) in [6.45, 7) is 3.88. The van der Waals surface area contributed by atoms with Gasteiger partial charge >= 0.3 is 5.69 Å². The van der Waals surface area contributed by atoms with Crippen molar-refractivity contribution in [2.75, 3.05) is 5.32 Å². The predicted molar refractivity (Wildman–Crippen MR) is 112 cm³/mol. The van der Waals surface area contributed by atoms with Crippen LogP contribution in [0.5, 0.6) is 0 Å². The maximum absolute atomic E-state index is 14.5. The zero-order valence-electron chi connectivity index (χ0n) is 15.8. The number of hydrogen-bond acceptors (Lipinski definition) is 4. The highest BCUT2D eigenvalue weighted by Crippen LogP contribution is 2.34. The highest BCUT2D eigenvalue weighted by Gasteiger charge is 2.20. The van der Waals surface area contributed by atoms with Gasteiger partial charge in [0.2, 0.25) is 0 Å². The summed E-state index contributed by atoms with van der Waals surface area (Å²) >= 11 is 6.09. The third kappa shape index (κ3) is 3.63. The van der Waals surface area contributed by atoms with Crippen molar-refractivity contribution < 1.29 is 4.39 Å². The number of nitrogens with zero attached hydrogens (tertiary/aromatic N) is 1. The van der Waals surface area contributed by atoms with Crippen molar-refractivity contribution in [1.29, 1.82) is 0 Å². The predicted octanol–water partition coefficient (Wildman–Crippen LogP) is 4.40. The maximum Gasteiger partial charge on any atom is 0.325 e. The first-order valence-corrected chi connectivity index (χ1v) is 9.57. The van der Waals surface area contributed by atoms with E-state index < -0.39 is 0 Å². The molecule has 4 rings (SSSR count). The smallest absolute Gasteiger partial charge is 0.325 e. The van der Waals surface area contributed by atoms with E-state index in [1.807, 2.05) is 13.8 Å². The molecule has 0 saturated heterocycles. The molecule has 4 N–H and O–H groups in total. The number of fused-ring (bicyclic) bond motifs is 1. The van der Waals surface area contributed by atoms with Crippen molar-refractivity contribution in [3.8, 4) is 0 Å². The Morgan fingerprint density at radius 3 is 2.72 bits per heavy atom. The van der Waals surface area contributed by atoms with Crippen LogP contribution in [0.3, 0.4) is 0 Å². The Bertz CT molecular complexity index is 1280. The molecule has 0 radical (unpaired) electrons. The number of allylic oxidation sites excluding steroid dienone is 4. The Hall–Kier alpha value is -3.13. The first-order chi connectivity index (χ1) is 13.8. The zero-order valence-corrected chi connectivity index (χ0v) is 16.6. The van der Waals surface area contributed by atoms with Gasteiger partial charge in [-0.25, -0.2) is 14.2 Å². The number of imidazole rings is 1. The van der Waals surface area contributed by atoms with E-state index in [0.717, 1.165) is 0 Å². The Morgan fingerprint density at radius 1 is 1.17 bits per heavy atom. The van der Waals surface area contributed by atoms with Gasteiger partial charge < -0.3 is 15.3 Å². The van der Waals surface area contributed by atoms with Crippen molar-refractivity contribution in [2.24, 2.45) is 0 Å². The van der Waals surface area contributed by atoms with Gasteiger partial charge in [0.05, 0.1) is 16.9 Å². The molecule has 0 unspecified atom stereocenters. The molecule has 1 aliphatic carbocycles. The SMILES string of the molecule is CC(C)c1[nH]c(=O)c(C2=C(F)CCC(Cl)=C2)cc1Nc1ccnc2[nH]c(=O)[nH]c12. The molecule has 3 heterocycles. The highest BCUT2D eigenvalue weighted by atomic mass is 35.5. The quantitative estimate of drug-likeness (QED) is 0.506. The van der Waals surface area contributed by atoms with Crippen LogP contribution in [0.4, 0.5) is 15.8 Å². The van der Waals surface area contributed by atoms with Crippen LogP contribution in [0.1, 0.15) is 43.9 Å². The number of pyridine rings is 2. The fourth-order valence-electron chi connectivity index (χ4n) is 3.38. The third-order valence-electron chi connectivity index (χ3n) is 4.81. The third-order valence-corrected chi connectivity index (χ3v) is 5.10. The molecule has 0 saturated carbocycles. The Labute approximate surface area is 169 Å². The van der Waals surface area contributed by atoms with Crippen LogP contribution >= 0.6 is 11.6 Å². The van der Waals surface area contributed by atoms with Crippen molar-refractivity contribution in [2.45, 2.75) is 32.6 Å². The standard InChI is InChI=1S/C20H19ClFN5O2/c1-9(2)16-15(24-14-5-6-23-18-17(14)26-20(29)27-18)8-12(19(28)25-16)11-7-10(21)3-4-13(11)22/h5-9H,3-4H2,1-2H3,(H,25,28)(H3,23,24,26,27,29). The van der Waals surface area contributed by atoms with Gasteiger partial charge in [-0.1, -0.05) is 25.4 Å². The summed E-state index contributed by atoms with van der Waals surface area (Å²) in [5.74, 6) is -0.379. The number of halogens is 2. The fourth-order valence-corrected chi connectivity index (χ4v) is 3.59. The number of hydrogen-bond donors (Lipinski definition) is 4. The Balaban J connectivity index is 1.88. The van der Waals surface area contributed by atoms with E-state index in [1.54, 1.807) is 18.3 Å². The molecule has 0 bridgehead atoms. The minimum Gasteiger partial charge on any atom is -0.352 e. The van der Waals surface area contributed by atoms with Gasteiger partial charge in [-0.15, -0.1) is 0 Å². The van der Waals surface area contributed by atoms with Crippen molar-refractivity contribution in [3.63, 3.8) is 0 Å². The van der Waals surface area contributed by atoms with Crippen LogP contribution in [-0.4, -0.2) is 19.9 Å². The number of aromatic nitrogens is 4. The minimum absolute atomic E-state index is 0.00818. The van der Waals surface area contributed by atoms with Crippen molar-refractivity contribution in [1.82, 2.24) is 19.9 Å². The van der Waals surface area contributed by atoms with Crippen LogP contribution in [0.25, 0.3) is 16.7 Å². The van der Waals surface area contributed by atoms with Crippen LogP contribution in [0.2, 0.25) is 0 Å². The molecule has 3 aromatic heterocycles. The molecule has 0 fully saturated rings. The van der Waals surface area contributed by atoms with Crippen LogP contribution in [0, 0.1) is 0 Å². The lowest BCUT2D eigenvalue weighted by Crippen LogP contribution is -2.17. The van der Waals surface area contributed by atoms with Crippen molar-refractivity contribution >= 4 is 39.7 Å². The molecular formula is C20H19ClFN5O2. The normalized spacial score (nSPS) is 14.6. The molecule has 0 spiro atoms. The number of H-pyrrole nitrogens is 3. The largest absolute Gasteiger partial charge is 0.352 e. The molecule has 150 valence electrons. The summed E-state index contributed by atoms with van der Waals surface area (Å²) in [6, 6.07) is 3.32. The molecule has 29 heavy (non-hydrogen) atoms. The van der Waals surface area contributed by atoms with Crippen LogP contribution < -0.4 is 16.6 Å². The molecule has 7 nitrogen and oxygen atoms in total. The van der Waals surface area contributed by atoms with Gasteiger partial charge in [0, 0.05) is 28.9 Å². The molecule has 0 aromatic carbocycles. The topological polar surface area (TPSA) is 106 Å². The first-order valence-electron chi connectivity index (χ1n) is 9.20. The number of nitrogens with one attached hydrogen (secondary N) is 4. The Kier molecular flexibility index (Phi) is 4.87. The second-order valence-corrected chi connectivity index (χ2v) is 7.68. The fraction of sp³-hybridized carbons (Fsp3) is 0.250. The molecule has 3 aromatic rings. The van der Waals surface area contributed by atoms with Crippen LogP contribution in [0.15, 0.2) is 44.9 Å². The lowest BCUT2D eigenvalue weighted by molar-refractivity contribution is 0.590. The number of rotatable bonds is 4. The molecule has 9 heteroatoms. The average molecular weight is 416 g/mol. The van der Waals surface area contributed by atoms with E-state index in [2.05, 4.69) is 25.3 Å². The van der Waals surface area contributed by atoms with E-state index in [1.165, 1.54) is 6.08 Å². The second-order valence-electron chi connectivity index (χ2n) is 7.19. The zero-order chi connectivity index (χ0) is 20.7. The lowest BCUT2D eigenvalue weighted by Gasteiger charge is -2.18. The molecule has 0 amide bonds. The van der Waals surface area contributed by atoms with Gasteiger partial charge in [-0.3, -0.25) is 9.78 Å². The van der Waals surface area contributed by atoms with E-state index in [0.29, 0.717) is 39.7 Å². The summed E-state index contributed by atoms with van der Waals surface area (Å²) in [6.07, 6.45) is 3.63. The van der Waals surface area contributed by atoms with Gasteiger partial charge in [0.25, 0.3) is 5.56 Å². The van der Waals surface area contributed by atoms with E-state index in [4.69, 9.17) is 11.6 Å². The second kappa shape index (κ2) is 7.36. The number of anilines is 2. The average Bonchev–Trinajstić information content (AvgIpc) is 3.06. The summed E-state index contributed by atoms with van der Waals surface area (Å²) < 4.78 is 14.5. The Morgan fingerprint density at radius 2 is 1.97 bits per heavy atom. The molecule has 0 atom stereocenters. The molecule has 0 aliphatic heterocycles. The summed E-state index contributed by atoms with van der Waals surface area (Å²) in [4.78, 5) is 36.6. The summed E-state index contributed by atoms with van der Waals surface area (Å²) in [7, 11) is 0. The number of aromatic amines is 3. The van der Waals surface area contributed by atoms with Gasteiger partial charge in [-0.2, -0.15) is 0 Å². The maximum atomic E-state index is 14.5. The lowest BCUT2D eigenvalue weighted by atomic mass is 9.97. The first kappa shape index (κ1) is 19.2. The van der Waals surface area contributed by atoms with E-state index >= 15 is 0 Å². The van der Waals surface area contributed by atoms with E-state index in [-0.39, 0.29) is 40.6 Å². The van der Waals surface area contributed by atoms with Gasteiger partial charge in [0.15, 0.2) is 5.65 Å². The van der Waals surface area contributed by atoms with Gasteiger partial charge in [-0.05, 0) is 30.5 Å². The monoisotopic (exact) mass is 415 g/mol.